The van der Waals surface area contributed by atoms with Crippen molar-refractivity contribution in [1.29, 1.82) is 0 Å². The van der Waals surface area contributed by atoms with Crippen LogP contribution < -0.4 is 67.6 Å². The molecule has 0 unspecified atom stereocenters. The van der Waals surface area contributed by atoms with Crippen LogP contribution >= 0.6 is 45.3 Å². The van der Waals surface area contributed by atoms with E-state index in [1.165, 1.54) is 42.0 Å². The molecule has 0 saturated carbocycles. The Bertz CT molecular complexity index is 7080. The lowest BCUT2D eigenvalue weighted by molar-refractivity contribution is 0.461. The van der Waals surface area contributed by atoms with Gasteiger partial charge in [0, 0.05) is 95.3 Å². The quantitative estimate of drug-likeness (QED) is 0.0367. The van der Waals surface area contributed by atoms with Gasteiger partial charge in [-0.05, 0) is 303 Å². The number of rotatable bonds is 22. The highest BCUT2D eigenvalue weighted by Gasteiger charge is 2.14. The molecular formula is C115H98F3N17O7S4. The summed E-state index contributed by atoms with van der Waals surface area (Å²) < 4.78 is 78.7. The number of ether oxygens (including phenoxy) is 7. The zero-order valence-electron chi connectivity index (χ0n) is 80.1. The summed E-state index contributed by atoms with van der Waals surface area (Å²) in [5.41, 5.74) is 58.5. The van der Waals surface area contributed by atoms with Crippen molar-refractivity contribution in [3.8, 4) is 157 Å². The summed E-state index contributed by atoms with van der Waals surface area (Å²) in [5, 5.41) is 5.91. The minimum Gasteiger partial charge on any atom is -0.439 e. The second-order valence-corrected chi connectivity index (χ2v) is 35.8. The highest BCUT2D eigenvalue weighted by Crippen LogP contribution is 2.37. The zero-order chi connectivity index (χ0) is 102. The summed E-state index contributed by atoms with van der Waals surface area (Å²) in [5.74, 6) is 8.09. The monoisotopic (exact) mass is 2010 g/mol. The first-order valence-corrected chi connectivity index (χ1v) is 49.0. The number of hydrogen-bond donors (Lipinski definition) is 6. The van der Waals surface area contributed by atoms with Crippen LogP contribution in [0, 0.1) is 59.0 Å². The van der Waals surface area contributed by atoms with Crippen molar-refractivity contribution < 1.29 is 46.3 Å². The number of benzene rings is 10. The number of thiazole rings is 4. The van der Waals surface area contributed by atoms with Gasteiger partial charge in [-0.25, -0.2) is 58.0 Å². The van der Waals surface area contributed by atoms with Crippen LogP contribution in [-0.4, -0.2) is 54.8 Å². The van der Waals surface area contributed by atoms with Crippen LogP contribution in [0.25, 0.3) is 75.4 Å². The Labute approximate surface area is 858 Å². The Morgan fingerprint density at radius 1 is 0.240 bits per heavy atom. The molecule has 146 heavy (non-hydrogen) atoms. The fourth-order valence-electron chi connectivity index (χ4n) is 13.4. The average molecular weight is 2020 g/mol. The lowest BCUT2D eigenvalue weighted by atomic mass is 10.1. The normalized spacial score (nSPS) is 10.5. The number of aryl methyl sites for hydroxylation is 7. The fraction of sp³-hybridized carbons (Fsp3) is 0.0696. The van der Waals surface area contributed by atoms with Crippen molar-refractivity contribution in [2.45, 2.75) is 54.9 Å². The van der Waals surface area contributed by atoms with Gasteiger partial charge >= 0.3 is 0 Å². The van der Waals surface area contributed by atoms with Crippen LogP contribution in [0.4, 0.5) is 47.3 Å². The van der Waals surface area contributed by atoms with Gasteiger partial charge in [0.25, 0.3) is 0 Å². The van der Waals surface area contributed by atoms with E-state index in [1.54, 1.807) is 155 Å². The third-order valence-electron chi connectivity index (χ3n) is 21.7. The predicted molar refractivity (Wildman–Crippen MR) is 580 cm³/mol. The van der Waals surface area contributed by atoms with E-state index < -0.39 is 0 Å². The Morgan fingerprint density at radius 2 is 0.486 bits per heavy atom. The van der Waals surface area contributed by atoms with E-state index in [9.17, 15) is 13.2 Å². The summed E-state index contributed by atoms with van der Waals surface area (Å²) in [6.07, 6.45) is 14.9. The second-order valence-electron chi connectivity index (χ2n) is 32.3. The first kappa shape index (κ1) is 102. The molecule has 11 heterocycles. The van der Waals surface area contributed by atoms with E-state index in [1.807, 2.05) is 276 Å². The average Bonchev–Trinajstić information content (AvgIpc) is 1.02. The van der Waals surface area contributed by atoms with Crippen molar-refractivity contribution in [3.63, 3.8) is 0 Å². The number of nitrogen functional groups attached to an aromatic ring is 6. The van der Waals surface area contributed by atoms with Gasteiger partial charge in [0.05, 0.1) is 90.6 Å². The molecule has 0 radical (unpaired) electrons. The van der Waals surface area contributed by atoms with Gasteiger partial charge in [-0.15, -0.1) is 45.3 Å². The highest BCUT2D eigenvalue weighted by atomic mass is 32.1. The number of nitrogens with zero attached hydrogens (tertiary/aromatic N) is 11. The van der Waals surface area contributed by atoms with E-state index in [0.717, 1.165) is 144 Å². The van der Waals surface area contributed by atoms with Gasteiger partial charge in [-0.1, -0.05) is 85.8 Å². The standard InChI is InChI=1S/C19H16FNO.2C18H15FN2O.4C15H13N3OS/c1-2-14-3-12-19(21-13-14)22-18-10-6-16(7-11-18)15-4-8-17(20)9-5-15;1-12-10-18(21-11-17(12)20)22-16-8-4-14(5-9-16)13-2-6-15(19)7-3-13;1-12-17(20)10-11-18(21-12)22-16-8-4-14(5-9-16)13-2-6-15(19)7-3-13;1-10-6-15(18-7-13(10)16)19-12-4-2-11(3-5-12)14-8-17-9-20-14;1-10-13(16)6-7-15(18-10)19-12-4-2-11(3-5-12)14-8-17-9-20-14;1-10-8-14(18-9-13(10)16)19-12-4-2-11(3-5-12)15-17-6-7-20-15;1-10-13(16)6-7-14(18-10)19-12-4-2-11(3-5-12)15-17-8-9-20-15/h3-13H,2H2,1H3;2*2-11H,20H2,1H3;4*2-9H,16H2,1H3. The van der Waals surface area contributed by atoms with E-state index in [4.69, 9.17) is 67.6 Å². The van der Waals surface area contributed by atoms with Gasteiger partial charge in [0.1, 0.15) is 67.7 Å². The van der Waals surface area contributed by atoms with Gasteiger partial charge < -0.3 is 67.6 Å². The maximum Gasteiger partial charge on any atom is 0.219 e. The molecule has 0 saturated heterocycles. The minimum atomic E-state index is -0.242. The van der Waals surface area contributed by atoms with Gasteiger partial charge in [0.15, 0.2) is 0 Å². The largest absolute Gasteiger partial charge is 0.439 e. The number of nitrogens with two attached hydrogens (primary N) is 6. The first-order valence-electron chi connectivity index (χ1n) is 45.5. The number of aromatic nitrogens is 11. The summed E-state index contributed by atoms with van der Waals surface area (Å²) >= 11 is 6.45. The third-order valence-corrected chi connectivity index (χ3v) is 25.0. The summed E-state index contributed by atoms with van der Waals surface area (Å²) in [6.45, 7) is 13.4. The van der Waals surface area contributed by atoms with Crippen LogP contribution in [0.15, 0.2) is 381 Å². The van der Waals surface area contributed by atoms with Crippen molar-refractivity contribution in [1.82, 2.24) is 54.8 Å². The molecule has 0 spiro atoms. The van der Waals surface area contributed by atoms with Crippen LogP contribution in [0.5, 0.6) is 81.4 Å². The molecule has 0 bridgehead atoms. The summed E-state index contributed by atoms with van der Waals surface area (Å²) in [7, 11) is 0. The molecule has 21 rings (SSSR count). The first-order chi connectivity index (χ1) is 70.9. The Morgan fingerprint density at radius 3 is 0.719 bits per heavy atom. The van der Waals surface area contributed by atoms with Gasteiger partial charge in [-0.3, -0.25) is 9.97 Å². The molecule has 730 valence electrons. The number of anilines is 6. The van der Waals surface area contributed by atoms with E-state index >= 15 is 0 Å². The highest BCUT2D eigenvalue weighted by molar-refractivity contribution is 7.14. The van der Waals surface area contributed by atoms with Crippen molar-refractivity contribution in [2.75, 3.05) is 34.4 Å². The van der Waals surface area contributed by atoms with E-state index in [-0.39, 0.29) is 17.5 Å². The van der Waals surface area contributed by atoms with Crippen molar-refractivity contribution >= 4 is 79.5 Å². The van der Waals surface area contributed by atoms with Crippen LogP contribution in [-0.2, 0) is 6.42 Å². The molecule has 11 aromatic heterocycles. The third kappa shape index (κ3) is 30.0. The molecule has 12 N–H and O–H groups in total. The molecule has 0 aliphatic rings. The molecule has 0 aliphatic heterocycles. The SMILES string of the molecule is CCc1ccc(Oc2ccc(-c3ccc(F)cc3)cc2)nc1.Cc1cc(Oc2ccc(-c3ccc(F)cc3)cc2)ncc1N.Cc1cc(Oc2ccc(-c3cncs3)cc2)ncc1N.Cc1cc(Oc2ccc(-c3nccs3)cc2)ncc1N.Cc1nc(Oc2ccc(-c3ccc(F)cc3)cc2)ccc1N.Cc1nc(Oc2ccc(-c3cncs3)cc2)ccc1N.Cc1nc(Oc2ccc(-c3nccs3)cc2)ccc1N. The van der Waals surface area contributed by atoms with Gasteiger partial charge in [-0.2, -0.15) is 0 Å². The summed E-state index contributed by atoms with van der Waals surface area (Å²) in [4.78, 5) is 48.5. The molecule has 0 fully saturated rings. The predicted octanol–water partition coefficient (Wildman–Crippen LogP) is 29.9. The van der Waals surface area contributed by atoms with Crippen molar-refractivity contribution in [3.05, 3.63) is 438 Å². The molecular weight excluding hydrogens is 1920 g/mol. The van der Waals surface area contributed by atoms with E-state index in [0.29, 0.717) is 86.8 Å². The maximum absolute atomic E-state index is 12.9. The number of pyridine rings is 7. The van der Waals surface area contributed by atoms with Crippen LogP contribution in [0.3, 0.4) is 0 Å². The molecule has 0 amide bonds. The van der Waals surface area contributed by atoms with Crippen molar-refractivity contribution in [2.24, 2.45) is 0 Å². The molecule has 10 aromatic carbocycles. The fourth-order valence-corrected chi connectivity index (χ4v) is 15.9. The van der Waals surface area contributed by atoms with Crippen LogP contribution in [0.2, 0.25) is 0 Å². The molecule has 24 nitrogen and oxygen atoms in total. The Hall–Kier alpha value is -18.0. The molecule has 21 aromatic rings. The zero-order valence-corrected chi connectivity index (χ0v) is 83.4. The van der Waals surface area contributed by atoms with Crippen LogP contribution in [0.1, 0.15) is 46.3 Å². The molecule has 31 heteroatoms. The maximum atomic E-state index is 12.9. The Balaban J connectivity index is 0.000000128. The molecule has 0 atom stereocenters. The van der Waals surface area contributed by atoms with E-state index in [2.05, 4.69) is 61.7 Å². The lowest BCUT2D eigenvalue weighted by Gasteiger charge is -2.08. The lowest BCUT2D eigenvalue weighted by Crippen LogP contribution is -1.95. The number of halogens is 3. The topological polar surface area (TPSA) is 363 Å². The minimum absolute atomic E-state index is 0.231. The Kier molecular flexibility index (Phi) is 35.3. The molecule has 0 aliphatic carbocycles. The second kappa shape index (κ2) is 50.4. The summed E-state index contributed by atoms with van der Waals surface area (Å²) in [6, 6.07) is 93.2. The van der Waals surface area contributed by atoms with Gasteiger partial charge in [0.2, 0.25) is 41.2 Å². The number of hydrogen-bond acceptors (Lipinski definition) is 28. The smallest absolute Gasteiger partial charge is 0.219 e.